The minimum Gasteiger partial charge on any atom is -0.489 e. The summed E-state index contributed by atoms with van der Waals surface area (Å²) in [6.45, 7) is 4.05. The third-order valence-corrected chi connectivity index (χ3v) is 2.68. The van der Waals surface area contributed by atoms with Gasteiger partial charge in [0.2, 0.25) is 0 Å². The second-order valence-corrected chi connectivity index (χ2v) is 4.26. The van der Waals surface area contributed by atoms with Gasteiger partial charge in [0, 0.05) is 6.04 Å². The lowest BCUT2D eigenvalue weighted by Crippen LogP contribution is -2.16. The molecule has 3 N–H and O–H groups in total. The van der Waals surface area contributed by atoms with Gasteiger partial charge in [-0.05, 0) is 31.0 Å². The van der Waals surface area contributed by atoms with Gasteiger partial charge in [0.25, 0.3) is 0 Å². The number of benzene rings is 1. The third-order valence-electron chi connectivity index (χ3n) is 2.38. The minimum absolute atomic E-state index is 0.0483. The molecule has 1 aromatic carbocycles. The quantitative estimate of drug-likeness (QED) is 0.836. The van der Waals surface area contributed by atoms with E-state index in [0.717, 1.165) is 5.56 Å². The van der Waals surface area contributed by atoms with E-state index in [-0.39, 0.29) is 12.6 Å². The molecule has 0 bridgehead atoms. The number of aliphatic hydroxyl groups excluding tert-OH is 1. The molecule has 0 aliphatic rings. The summed E-state index contributed by atoms with van der Waals surface area (Å²) in [6, 6.07) is 5.40. The highest BCUT2D eigenvalue weighted by molar-refractivity contribution is 6.32. The van der Waals surface area contributed by atoms with Crippen LogP contribution in [0.15, 0.2) is 18.2 Å². The van der Waals surface area contributed by atoms with Gasteiger partial charge < -0.3 is 15.6 Å². The lowest BCUT2D eigenvalue weighted by Gasteiger charge is -2.13. The van der Waals surface area contributed by atoms with E-state index < -0.39 is 6.10 Å². The molecule has 0 radical (unpaired) electrons. The molecular weight excluding hydrogens is 226 g/mol. The van der Waals surface area contributed by atoms with E-state index in [0.29, 0.717) is 17.2 Å². The Morgan fingerprint density at radius 3 is 2.69 bits per heavy atom. The molecule has 0 fully saturated rings. The highest BCUT2D eigenvalue weighted by Crippen LogP contribution is 2.27. The van der Waals surface area contributed by atoms with Crippen molar-refractivity contribution >= 4 is 11.6 Å². The zero-order valence-electron chi connectivity index (χ0n) is 9.61. The Labute approximate surface area is 101 Å². The Kier molecular flexibility index (Phi) is 5.06. The molecule has 0 aliphatic carbocycles. The average Bonchev–Trinajstić information content (AvgIpc) is 2.26. The van der Waals surface area contributed by atoms with Crippen LogP contribution in [0.5, 0.6) is 5.75 Å². The molecule has 4 heteroatoms. The maximum atomic E-state index is 9.36. The van der Waals surface area contributed by atoms with Crippen LogP contribution in [0.25, 0.3) is 0 Å². The number of aliphatic hydroxyl groups is 1. The van der Waals surface area contributed by atoms with Gasteiger partial charge in [-0.3, -0.25) is 0 Å². The summed E-state index contributed by atoms with van der Waals surface area (Å²) in [5.74, 6) is 0.582. The first kappa shape index (κ1) is 13.3. The number of ether oxygens (including phenoxy) is 1. The lowest BCUT2D eigenvalue weighted by atomic mass is 10.1. The standard InChI is InChI=1S/C12H18ClNO2/c1-3-10(15)7-16-12-5-4-9(8(2)14)6-11(12)13/h4-6,8,10,15H,3,7,14H2,1-2H3/t8-,10?/m1/s1. The second-order valence-electron chi connectivity index (χ2n) is 3.85. The van der Waals surface area contributed by atoms with E-state index in [4.69, 9.17) is 22.1 Å². The van der Waals surface area contributed by atoms with Crippen LogP contribution in [0.1, 0.15) is 31.9 Å². The van der Waals surface area contributed by atoms with Crippen LogP contribution >= 0.6 is 11.6 Å². The first-order valence-electron chi connectivity index (χ1n) is 5.40. The molecule has 1 aromatic rings. The van der Waals surface area contributed by atoms with Gasteiger partial charge in [-0.1, -0.05) is 24.6 Å². The maximum absolute atomic E-state index is 9.36. The summed E-state index contributed by atoms with van der Waals surface area (Å²) in [7, 11) is 0. The largest absolute Gasteiger partial charge is 0.489 e. The monoisotopic (exact) mass is 243 g/mol. The van der Waals surface area contributed by atoms with E-state index in [1.54, 1.807) is 12.1 Å². The van der Waals surface area contributed by atoms with Gasteiger partial charge in [0.1, 0.15) is 12.4 Å². The Morgan fingerprint density at radius 1 is 1.50 bits per heavy atom. The fourth-order valence-electron chi connectivity index (χ4n) is 1.22. The van der Waals surface area contributed by atoms with Crippen LogP contribution < -0.4 is 10.5 Å². The summed E-state index contributed by atoms with van der Waals surface area (Å²) in [4.78, 5) is 0. The predicted octanol–water partition coefficient (Wildman–Crippen LogP) is 2.51. The van der Waals surface area contributed by atoms with Gasteiger partial charge in [-0.25, -0.2) is 0 Å². The molecule has 0 heterocycles. The Bertz CT molecular complexity index is 342. The van der Waals surface area contributed by atoms with E-state index in [1.807, 2.05) is 19.9 Å². The number of rotatable bonds is 5. The Hall–Kier alpha value is -0.770. The molecule has 1 unspecified atom stereocenters. The zero-order chi connectivity index (χ0) is 12.1. The topological polar surface area (TPSA) is 55.5 Å². The van der Waals surface area contributed by atoms with Gasteiger partial charge in [0.15, 0.2) is 0 Å². The number of hydrogen-bond donors (Lipinski definition) is 2. The first-order chi connectivity index (χ1) is 7.54. The summed E-state index contributed by atoms with van der Waals surface area (Å²) >= 11 is 6.04. The van der Waals surface area contributed by atoms with Crippen LogP contribution in [-0.2, 0) is 0 Å². The molecule has 16 heavy (non-hydrogen) atoms. The van der Waals surface area contributed by atoms with Crippen molar-refractivity contribution < 1.29 is 9.84 Å². The Morgan fingerprint density at radius 2 is 2.19 bits per heavy atom. The van der Waals surface area contributed by atoms with E-state index in [1.165, 1.54) is 0 Å². The van der Waals surface area contributed by atoms with Crippen LogP contribution in [0, 0.1) is 0 Å². The summed E-state index contributed by atoms with van der Waals surface area (Å²) in [5, 5.41) is 9.89. The van der Waals surface area contributed by atoms with E-state index in [9.17, 15) is 5.11 Å². The molecule has 0 spiro atoms. The van der Waals surface area contributed by atoms with Gasteiger partial charge in [-0.2, -0.15) is 0 Å². The SMILES string of the molecule is CCC(O)COc1ccc([C@@H](C)N)cc1Cl. The molecule has 3 nitrogen and oxygen atoms in total. The van der Waals surface area contributed by atoms with Crippen molar-refractivity contribution in [1.82, 2.24) is 0 Å². The van der Waals surface area contributed by atoms with Gasteiger partial charge >= 0.3 is 0 Å². The average molecular weight is 244 g/mol. The normalized spacial score (nSPS) is 14.6. The first-order valence-corrected chi connectivity index (χ1v) is 5.78. The maximum Gasteiger partial charge on any atom is 0.138 e. The second kappa shape index (κ2) is 6.09. The van der Waals surface area contributed by atoms with Crippen molar-refractivity contribution in [2.75, 3.05) is 6.61 Å². The molecule has 0 saturated carbocycles. The summed E-state index contributed by atoms with van der Waals surface area (Å²) in [6.07, 6.45) is 0.208. The summed E-state index contributed by atoms with van der Waals surface area (Å²) in [5.41, 5.74) is 6.70. The van der Waals surface area contributed by atoms with Crippen molar-refractivity contribution in [2.45, 2.75) is 32.4 Å². The fraction of sp³-hybridized carbons (Fsp3) is 0.500. The van der Waals surface area contributed by atoms with E-state index >= 15 is 0 Å². The molecule has 0 aliphatic heterocycles. The van der Waals surface area contributed by atoms with Crippen LogP contribution in [0.4, 0.5) is 0 Å². The molecule has 2 atom stereocenters. The van der Waals surface area contributed by atoms with E-state index in [2.05, 4.69) is 0 Å². The van der Waals surface area contributed by atoms with Crippen molar-refractivity contribution in [1.29, 1.82) is 0 Å². The smallest absolute Gasteiger partial charge is 0.138 e. The van der Waals surface area contributed by atoms with Crippen molar-refractivity contribution in [3.63, 3.8) is 0 Å². The van der Waals surface area contributed by atoms with Gasteiger partial charge in [0.05, 0.1) is 11.1 Å². The minimum atomic E-state index is -0.454. The molecule has 0 aromatic heterocycles. The molecular formula is C12H18ClNO2. The fourth-order valence-corrected chi connectivity index (χ4v) is 1.46. The molecule has 0 amide bonds. The highest BCUT2D eigenvalue weighted by Gasteiger charge is 2.07. The van der Waals surface area contributed by atoms with Crippen LogP contribution in [0.3, 0.4) is 0 Å². The molecule has 0 saturated heterocycles. The van der Waals surface area contributed by atoms with Crippen molar-refractivity contribution in [2.24, 2.45) is 5.73 Å². The van der Waals surface area contributed by atoms with Crippen LogP contribution in [0.2, 0.25) is 5.02 Å². The number of hydrogen-bond acceptors (Lipinski definition) is 3. The third kappa shape index (κ3) is 3.67. The molecule has 90 valence electrons. The Balaban J connectivity index is 2.68. The predicted molar refractivity (Wildman–Crippen MR) is 65.8 cm³/mol. The number of nitrogens with two attached hydrogens (primary N) is 1. The highest BCUT2D eigenvalue weighted by atomic mass is 35.5. The van der Waals surface area contributed by atoms with Gasteiger partial charge in [-0.15, -0.1) is 0 Å². The lowest BCUT2D eigenvalue weighted by molar-refractivity contribution is 0.104. The number of halogens is 1. The summed E-state index contributed by atoms with van der Waals surface area (Å²) < 4.78 is 5.40. The molecule has 1 rings (SSSR count). The van der Waals surface area contributed by atoms with Crippen LogP contribution in [-0.4, -0.2) is 17.8 Å². The van der Waals surface area contributed by atoms with Crippen molar-refractivity contribution in [3.8, 4) is 5.75 Å². The van der Waals surface area contributed by atoms with Crippen molar-refractivity contribution in [3.05, 3.63) is 28.8 Å². The zero-order valence-corrected chi connectivity index (χ0v) is 10.4.